The van der Waals surface area contributed by atoms with E-state index >= 15 is 0 Å². The number of thiophene rings is 1. The summed E-state index contributed by atoms with van der Waals surface area (Å²) in [6.07, 6.45) is 2.41. The van der Waals surface area contributed by atoms with E-state index in [0.717, 1.165) is 24.2 Å². The molecule has 0 bridgehead atoms. The van der Waals surface area contributed by atoms with Crippen LogP contribution in [0.25, 0.3) is 0 Å². The second-order valence-corrected chi connectivity index (χ2v) is 6.08. The van der Waals surface area contributed by atoms with Gasteiger partial charge in [0.25, 0.3) is 0 Å². The Hall–Kier alpha value is -2.14. The Morgan fingerprint density at radius 3 is 2.71 bits per heavy atom. The van der Waals surface area contributed by atoms with Crippen molar-refractivity contribution in [2.45, 2.75) is 19.3 Å². The Balaban J connectivity index is 1.72. The summed E-state index contributed by atoms with van der Waals surface area (Å²) in [6, 6.07) is 9.81. The lowest BCUT2D eigenvalue weighted by molar-refractivity contribution is -0.120. The summed E-state index contributed by atoms with van der Waals surface area (Å²) in [5.74, 6) is -1.19. The first-order chi connectivity index (χ1) is 10.1. The zero-order valence-electron chi connectivity index (χ0n) is 11.3. The molecule has 0 aliphatic heterocycles. The van der Waals surface area contributed by atoms with Crippen LogP contribution in [0.2, 0.25) is 0 Å². The second kappa shape index (κ2) is 5.69. The fourth-order valence-electron chi connectivity index (χ4n) is 2.73. The summed E-state index contributed by atoms with van der Waals surface area (Å²) in [5.41, 5.74) is 2.92. The van der Waals surface area contributed by atoms with Crippen molar-refractivity contribution in [1.29, 1.82) is 0 Å². The summed E-state index contributed by atoms with van der Waals surface area (Å²) < 4.78 is 0. The third-order valence-electron chi connectivity index (χ3n) is 3.83. The SMILES string of the molecule is O=C(O)c1sccc1NC(=O)C1CCc2ccccc2C1. The highest BCUT2D eigenvalue weighted by Gasteiger charge is 2.25. The number of fused-ring (bicyclic) bond motifs is 1. The number of carboxylic acid groups (broad SMARTS) is 1. The van der Waals surface area contributed by atoms with Gasteiger partial charge in [-0.2, -0.15) is 0 Å². The lowest BCUT2D eigenvalue weighted by atomic mass is 9.83. The summed E-state index contributed by atoms with van der Waals surface area (Å²) in [7, 11) is 0. The average Bonchev–Trinajstić information content (AvgIpc) is 2.95. The highest BCUT2D eigenvalue weighted by atomic mass is 32.1. The van der Waals surface area contributed by atoms with E-state index in [1.165, 1.54) is 11.1 Å². The molecule has 108 valence electrons. The maximum atomic E-state index is 12.4. The van der Waals surface area contributed by atoms with Gasteiger partial charge in [-0.15, -0.1) is 11.3 Å². The number of hydrogen-bond acceptors (Lipinski definition) is 3. The largest absolute Gasteiger partial charge is 0.477 e. The van der Waals surface area contributed by atoms with Crippen molar-refractivity contribution in [1.82, 2.24) is 0 Å². The van der Waals surface area contributed by atoms with Crippen LogP contribution in [-0.2, 0) is 17.6 Å². The molecule has 0 saturated heterocycles. The Morgan fingerprint density at radius 2 is 1.95 bits per heavy atom. The highest BCUT2D eigenvalue weighted by molar-refractivity contribution is 7.12. The van der Waals surface area contributed by atoms with E-state index in [1.807, 2.05) is 12.1 Å². The molecule has 5 heteroatoms. The number of amides is 1. The first-order valence-electron chi connectivity index (χ1n) is 6.83. The molecule has 2 N–H and O–H groups in total. The van der Waals surface area contributed by atoms with Crippen molar-refractivity contribution in [3.8, 4) is 0 Å². The van der Waals surface area contributed by atoms with Gasteiger partial charge in [-0.3, -0.25) is 4.79 Å². The number of nitrogens with one attached hydrogen (secondary N) is 1. The predicted octanol–water partition coefficient (Wildman–Crippen LogP) is 3.19. The number of carbonyl (C=O) groups is 2. The van der Waals surface area contributed by atoms with Crippen LogP contribution < -0.4 is 5.32 Å². The van der Waals surface area contributed by atoms with Crippen molar-refractivity contribution < 1.29 is 14.7 Å². The summed E-state index contributed by atoms with van der Waals surface area (Å²) in [6.45, 7) is 0. The molecule has 1 heterocycles. The summed E-state index contributed by atoms with van der Waals surface area (Å²) in [4.78, 5) is 23.6. The third kappa shape index (κ3) is 2.83. The maximum absolute atomic E-state index is 12.4. The molecule has 1 aromatic carbocycles. The van der Waals surface area contributed by atoms with Gasteiger partial charge >= 0.3 is 5.97 Å². The zero-order chi connectivity index (χ0) is 14.8. The van der Waals surface area contributed by atoms with E-state index in [-0.39, 0.29) is 16.7 Å². The minimum atomic E-state index is -1.01. The number of anilines is 1. The van der Waals surface area contributed by atoms with Gasteiger partial charge in [-0.25, -0.2) is 4.79 Å². The van der Waals surface area contributed by atoms with Gasteiger partial charge in [0.1, 0.15) is 4.88 Å². The first kappa shape index (κ1) is 13.8. The van der Waals surface area contributed by atoms with E-state index in [1.54, 1.807) is 11.4 Å². The molecule has 1 unspecified atom stereocenters. The molecule has 3 rings (SSSR count). The number of aryl methyl sites for hydroxylation is 1. The number of benzene rings is 1. The second-order valence-electron chi connectivity index (χ2n) is 5.17. The Labute approximate surface area is 126 Å². The number of aromatic carboxylic acids is 1. The summed E-state index contributed by atoms with van der Waals surface area (Å²) >= 11 is 1.12. The Morgan fingerprint density at radius 1 is 1.19 bits per heavy atom. The zero-order valence-corrected chi connectivity index (χ0v) is 12.2. The van der Waals surface area contributed by atoms with Crippen LogP contribution in [0.5, 0.6) is 0 Å². The fraction of sp³-hybridized carbons (Fsp3) is 0.250. The molecular formula is C16H15NO3S. The molecule has 0 fully saturated rings. The van der Waals surface area contributed by atoms with Crippen molar-refractivity contribution in [3.05, 3.63) is 51.7 Å². The standard InChI is InChI=1S/C16H15NO3S/c18-15(17-13-7-8-21-14(13)16(19)20)12-6-5-10-3-1-2-4-11(10)9-12/h1-4,7-8,12H,5-6,9H2,(H,17,18)(H,19,20). The van der Waals surface area contributed by atoms with Crippen LogP contribution in [0.3, 0.4) is 0 Å². The van der Waals surface area contributed by atoms with E-state index in [2.05, 4.69) is 17.4 Å². The van der Waals surface area contributed by atoms with E-state index in [9.17, 15) is 9.59 Å². The van der Waals surface area contributed by atoms with Crippen molar-refractivity contribution in [2.75, 3.05) is 5.32 Å². The van der Waals surface area contributed by atoms with E-state index in [4.69, 9.17) is 5.11 Å². The number of carbonyl (C=O) groups excluding carboxylic acids is 1. The Bertz CT molecular complexity index is 692. The smallest absolute Gasteiger partial charge is 0.348 e. The molecule has 1 aliphatic rings. The molecule has 1 amide bonds. The van der Waals surface area contributed by atoms with Crippen molar-refractivity contribution >= 4 is 28.9 Å². The van der Waals surface area contributed by atoms with Gasteiger partial charge in [-0.05, 0) is 41.8 Å². The van der Waals surface area contributed by atoms with Gasteiger partial charge in [0.15, 0.2) is 0 Å². The summed E-state index contributed by atoms with van der Waals surface area (Å²) in [5, 5.41) is 13.5. The molecule has 1 atom stereocenters. The predicted molar refractivity (Wildman–Crippen MR) is 81.9 cm³/mol. The van der Waals surface area contributed by atoms with Crippen LogP contribution in [0.4, 0.5) is 5.69 Å². The molecule has 1 aliphatic carbocycles. The highest BCUT2D eigenvalue weighted by Crippen LogP contribution is 2.28. The molecular weight excluding hydrogens is 286 g/mol. The van der Waals surface area contributed by atoms with Gasteiger partial charge < -0.3 is 10.4 Å². The van der Waals surface area contributed by atoms with Crippen molar-refractivity contribution in [3.63, 3.8) is 0 Å². The monoisotopic (exact) mass is 301 g/mol. The normalized spacial score (nSPS) is 17.0. The van der Waals surface area contributed by atoms with Crippen LogP contribution >= 0.6 is 11.3 Å². The van der Waals surface area contributed by atoms with Crippen LogP contribution in [-0.4, -0.2) is 17.0 Å². The molecule has 2 aromatic rings. The van der Waals surface area contributed by atoms with Gasteiger partial charge in [-0.1, -0.05) is 24.3 Å². The Kier molecular flexibility index (Phi) is 3.75. The fourth-order valence-corrected chi connectivity index (χ4v) is 3.42. The molecule has 1 aromatic heterocycles. The lowest BCUT2D eigenvalue weighted by Gasteiger charge is -2.23. The first-order valence-corrected chi connectivity index (χ1v) is 7.71. The van der Waals surface area contributed by atoms with Crippen LogP contribution in [0.15, 0.2) is 35.7 Å². The van der Waals surface area contributed by atoms with E-state index < -0.39 is 5.97 Å². The lowest BCUT2D eigenvalue weighted by Crippen LogP contribution is -2.28. The van der Waals surface area contributed by atoms with Gasteiger partial charge in [0, 0.05) is 5.92 Å². The molecule has 0 radical (unpaired) electrons. The average molecular weight is 301 g/mol. The number of carboxylic acids is 1. The topological polar surface area (TPSA) is 66.4 Å². The van der Waals surface area contributed by atoms with Gasteiger partial charge in [0.2, 0.25) is 5.91 Å². The number of rotatable bonds is 3. The number of hydrogen-bond donors (Lipinski definition) is 2. The molecule has 0 spiro atoms. The van der Waals surface area contributed by atoms with Crippen LogP contribution in [0.1, 0.15) is 27.2 Å². The molecule has 21 heavy (non-hydrogen) atoms. The van der Waals surface area contributed by atoms with E-state index in [0.29, 0.717) is 12.1 Å². The quantitative estimate of drug-likeness (QED) is 0.915. The minimum absolute atomic E-state index is 0.0922. The van der Waals surface area contributed by atoms with Crippen molar-refractivity contribution in [2.24, 2.45) is 5.92 Å². The maximum Gasteiger partial charge on any atom is 0.348 e. The third-order valence-corrected chi connectivity index (χ3v) is 4.74. The van der Waals surface area contributed by atoms with Gasteiger partial charge in [0.05, 0.1) is 5.69 Å². The molecule has 4 nitrogen and oxygen atoms in total. The minimum Gasteiger partial charge on any atom is -0.477 e. The molecule has 0 saturated carbocycles. The van der Waals surface area contributed by atoms with Crippen LogP contribution in [0, 0.1) is 5.92 Å².